The van der Waals surface area contributed by atoms with E-state index in [1.807, 2.05) is 0 Å². The van der Waals surface area contributed by atoms with Crippen molar-refractivity contribution in [3.05, 3.63) is 0 Å². The summed E-state index contributed by atoms with van der Waals surface area (Å²) in [5, 5.41) is 0. The molecule has 3 atom stereocenters. The van der Waals surface area contributed by atoms with Crippen molar-refractivity contribution in [2.75, 3.05) is 18.6 Å². The van der Waals surface area contributed by atoms with E-state index in [0.29, 0.717) is 12.3 Å². The summed E-state index contributed by atoms with van der Waals surface area (Å²) in [5.41, 5.74) is 5.98. The van der Waals surface area contributed by atoms with Gasteiger partial charge in [0.25, 0.3) is 0 Å². The molecule has 0 aromatic heterocycles. The molecule has 5 heteroatoms. The van der Waals surface area contributed by atoms with Crippen LogP contribution in [0.25, 0.3) is 0 Å². The Morgan fingerprint density at radius 2 is 2.20 bits per heavy atom. The predicted octanol–water partition coefficient (Wildman–Crippen LogP) is 0.563. The second-order valence-electron chi connectivity index (χ2n) is 4.54. The third-order valence-corrected chi connectivity index (χ3v) is 3.95. The van der Waals surface area contributed by atoms with Crippen molar-refractivity contribution in [2.45, 2.75) is 38.3 Å². The van der Waals surface area contributed by atoms with Gasteiger partial charge in [0.05, 0.1) is 6.10 Å². The van der Waals surface area contributed by atoms with Crippen molar-refractivity contribution in [3.8, 4) is 0 Å². The lowest BCUT2D eigenvalue weighted by Crippen LogP contribution is -2.37. The van der Waals surface area contributed by atoms with Crippen LogP contribution >= 0.6 is 0 Å². The third-order valence-electron chi connectivity index (χ3n) is 2.92. The number of ether oxygens (including phenoxy) is 1. The Morgan fingerprint density at radius 3 is 2.67 bits per heavy atom. The maximum atomic E-state index is 10.9. The molecule has 0 amide bonds. The monoisotopic (exact) mass is 235 g/mol. The summed E-state index contributed by atoms with van der Waals surface area (Å²) in [4.78, 5) is 0. The van der Waals surface area contributed by atoms with E-state index in [2.05, 4.69) is 6.92 Å². The van der Waals surface area contributed by atoms with Gasteiger partial charge in [-0.2, -0.15) is 0 Å². The highest BCUT2D eigenvalue weighted by Crippen LogP contribution is 2.23. The van der Waals surface area contributed by atoms with Crippen molar-refractivity contribution >= 4 is 9.84 Å². The molecular weight excluding hydrogens is 214 g/mol. The molecule has 0 aliphatic carbocycles. The van der Waals surface area contributed by atoms with Crippen molar-refractivity contribution in [3.63, 3.8) is 0 Å². The van der Waals surface area contributed by atoms with Gasteiger partial charge in [-0.15, -0.1) is 0 Å². The van der Waals surface area contributed by atoms with Crippen LogP contribution in [0.5, 0.6) is 0 Å². The molecule has 1 saturated heterocycles. The molecule has 90 valence electrons. The molecule has 0 aromatic rings. The summed E-state index contributed by atoms with van der Waals surface area (Å²) < 4.78 is 27.4. The minimum atomic E-state index is -2.85. The average Bonchev–Trinajstić information content (AvgIpc) is 2.48. The lowest BCUT2D eigenvalue weighted by Gasteiger charge is -2.22. The standard InChI is InChI=1S/C10H21NO3S/c1-8-5-6-14-10(8)9(11)4-3-7-15(2,12)13/h8-10H,3-7,11H2,1-2H3. The first-order valence-corrected chi connectivity index (χ1v) is 7.51. The predicted molar refractivity (Wildman–Crippen MR) is 60.4 cm³/mol. The molecule has 1 fully saturated rings. The van der Waals surface area contributed by atoms with Gasteiger partial charge in [0.1, 0.15) is 9.84 Å². The van der Waals surface area contributed by atoms with E-state index in [9.17, 15) is 8.42 Å². The zero-order chi connectivity index (χ0) is 11.5. The van der Waals surface area contributed by atoms with Crippen LogP contribution < -0.4 is 5.73 Å². The van der Waals surface area contributed by atoms with Gasteiger partial charge in [-0.3, -0.25) is 0 Å². The Hall–Kier alpha value is -0.130. The van der Waals surface area contributed by atoms with E-state index in [1.54, 1.807) is 0 Å². The second kappa shape index (κ2) is 5.27. The lowest BCUT2D eigenvalue weighted by molar-refractivity contribution is 0.0700. The van der Waals surface area contributed by atoms with E-state index in [0.717, 1.165) is 19.4 Å². The minimum absolute atomic E-state index is 0.0238. The molecule has 3 unspecified atom stereocenters. The molecule has 0 spiro atoms. The quantitative estimate of drug-likeness (QED) is 0.756. The molecule has 15 heavy (non-hydrogen) atoms. The van der Waals surface area contributed by atoms with Gasteiger partial charge in [-0.05, 0) is 25.2 Å². The number of nitrogens with two attached hydrogens (primary N) is 1. The second-order valence-corrected chi connectivity index (χ2v) is 6.80. The summed E-state index contributed by atoms with van der Waals surface area (Å²) in [7, 11) is -2.85. The first kappa shape index (κ1) is 12.9. The van der Waals surface area contributed by atoms with E-state index < -0.39 is 9.84 Å². The average molecular weight is 235 g/mol. The highest BCUT2D eigenvalue weighted by atomic mass is 32.2. The molecule has 1 rings (SSSR count). The fourth-order valence-electron chi connectivity index (χ4n) is 2.01. The van der Waals surface area contributed by atoms with Gasteiger partial charge in [0.2, 0.25) is 0 Å². The maximum Gasteiger partial charge on any atom is 0.147 e. The van der Waals surface area contributed by atoms with Gasteiger partial charge in [-0.1, -0.05) is 6.92 Å². The molecule has 0 radical (unpaired) electrons. The zero-order valence-corrected chi connectivity index (χ0v) is 10.3. The molecule has 1 heterocycles. The number of sulfone groups is 1. The molecule has 1 aliphatic heterocycles. The number of rotatable bonds is 5. The van der Waals surface area contributed by atoms with Crippen LogP contribution in [0.2, 0.25) is 0 Å². The van der Waals surface area contributed by atoms with E-state index in [-0.39, 0.29) is 17.9 Å². The normalized spacial score (nSPS) is 29.3. The van der Waals surface area contributed by atoms with E-state index in [4.69, 9.17) is 10.5 Å². The summed E-state index contributed by atoms with van der Waals surface area (Å²) in [5.74, 6) is 0.722. The van der Waals surface area contributed by atoms with Crippen LogP contribution in [0.15, 0.2) is 0 Å². The summed E-state index contributed by atoms with van der Waals surface area (Å²) >= 11 is 0. The van der Waals surface area contributed by atoms with Gasteiger partial charge < -0.3 is 10.5 Å². The van der Waals surface area contributed by atoms with Crippen LogP contribution in [0.3, 0.4) is 0 Å². The number of hydrogen-bond donors (Lipinski definition) is 1. The fraction of sp³-hybridized carbons (Fsp3) is 1.00. The van der Waals surface area contributed by atoms with Gasteiger partial charge >= 0.3 is 0 Å². The Labute approximate surface area is 92.1 Å². The van der Waals surface area contributed by atoms with E-state index in [1.165, 1.54) is 6.26 Å². The Morgan fingerprint density at radius 1 is 1.53 bits per heavy atom. The van der Waals surface area contributed by atoms with E-state index >= 15 is 0 Å². The summed E-state index contributed by atoms with van der Waals surface area (Å²) in [6, 6.07) is -0.0238. The highest BCUT2D eigenvalue weighted by molar-refractivity contribution is 7.90. The molecule has 0 bridgehead atoms. The Kier molecular flexibility index (Phi) is 4.55. The maximum absolute atomic E-state index is 10.9. The third kappa shape index (κ3) is 4.49. The minimum Gasteiger partial charge on any atom is -0.376 e. The van der Waals surface area contributed by atoms with Crippen LogP contribution in [-0.2, 0) is 14.6 Å². The van der Waals surface area contributed by atoms with Gasteiger partial charge in [0, 0.05) is 24.7 Å². The topological polar surface area (TPSA) is 69.4 Å². The van der Waals surface area contributed by atoms with Gasteiger partial charge in [-0.25, -0.2) is 8.42 Å². The molecular formula is C10H21NO3S. The van der Waals surface area contributed by atoms with Crippen molar-refractivity contribution in [2.24, 2.45) is 11.7 Å². The highest BCUT2D eigenvalue weighted by Gasteiger charge is 2.29. The van der Waals surface area contributed by atoms with Crippen molar-refractivity contribution in [1.29, 1.82) is 0 Å². The lowest BCUT2D eigenvalue weighted by atomic mass is 9.95. The summed E-state index contributed by atoms with van der Waals surface area (Å²) in [6.07, 6.45) is 3.79. The molecule has 2 N–H and O–H groups in total. The Balaban J connectivity index is 2.27. The zero-order valence-electron chi connectivity index (χ0n) is 9.48. The number of hydrogen-bond acceptors (Lipinski definition) is 4. The largest absolute Gasteiger partial charge is 0.376 e. The summed E-state index contributed by atoms with van der Waals surface area (Å²) in [6.45, 7) is 2.92. The van der Waals surface area contributed by atoms with Crippen molar-refractivity contribution in [1.82, 2.24) is 0 Å². The molecule has 1 aliphatic rings. The SMILES string of the molecule is CC1CCOC1C(N)CCCS(C)(=O)=O. The van der Waals surface area contributed by atoms with Crippen molar-refractivity contribution < 1.29 is 13.2 Å². The van der Waals surface area contributed by atoms with Crippen LogP contribution in [0.4, 0.5) is 0 Å². The fourth-order valence-corrected chi connectivity index (χ4v) is 2.70. The molecule has 0 saturated carbocycles. The molecule has 4 nitrogen and oxygen atoms in total. The van der Waals surface area contributed by atoms with Crippen LogP contribution in [-0.4, -0.2) is 39.2 Å². The first-order chi connectivity index (χ1) is 6.90. The Bertz CT molecular complexity index is 289. The molecule has 0 aromatic carbocycles. The first-order valence-electron chi connectivity index (χ1n) is 5.45. The van der Waals surface area contributed by atoms with Crippen LogP contribution in [0, 0.1) is 5.92 Å². The van der Waals surface area contributed by atoms with Crippen LogP contribution in [0.1, 0.15) is 26.2 Å². The smallest absolute Gasteiger partial charge is 0.147 e. The van der Waals surface area contributed by atoms with Gasteiger partial charge in [0.15, 0.2) is 0 Å².